The Kier molecular flexibility index (Phi) is 5.11. The van der Waals surface area contributed by atoms with Gasteiger partial charge in [0.25, 0.3) is 0 Å². The van der Waals surface area contributed by atoms with Gasteiger partial charge in [-0.2, -0.15) is 0 Å². The lowest BCUT2D eigenvalue weighted by molar-refractivity contribution is 0.00194. The predicted octanol–water partition coefficient (Wildman–Crippen LogP) is 4.32. The molecular formula is C24H31N5O. The van der Waals surface area contributed by atoms with Crippen LogP contribution in [0.25, 0.3) is 10.9 Å². The van der Waals surface area contributed by atoms with Gasteiger partial charge in [0, 0.05) is 56.4 Å². The molecule has 2 fully saturated rings. The minimum atomic E-state index is 0.473. The summed E-state index contributed by atoms with van der Waals surface area (Å²) in [6.45, 7) is 10.9. The summed E-state index contributed by atoms with van der Waals surface area (Å²) in [4.78, 5) is 5.80. The average molecular weight is 406 g/mol. The third kappa shape index (κ3) is 3.65. The second-order valence-corrected chi connectivity index (χ2v) is 9.10. The van der Waals surface area contributed by atoms with Crippen molar-refractivity contribution in [3.63, 3.8) is 0 Å². The van der Waals surface area contributed by atoms with Crippen LogP contribution in [0.3, 0.4) is 0 Å². The molecular weight excluding hydrogens is 374 g/mol. The van der Waals surface area contributed by atoms with E-state index in [1.165, 1.54) is 36.6 Å². The van der Waals surface area contributed by atoms with E-state index in [2.05, 4.69) is 68.6 Å². The Bertz CT molecular complexity index is 1030. The first-order valence-corrected chi connectivity index (χ1v) is 11.1. The van der Waals surface area contributed by atoms with Gasteiger partial charge in [0.2, 0.25) is 5.95 Å². The summed E-state index contributed by atoms with van der Waals surface area (Å²) in [6.07, 6.45) is 7.69. The van der Waals surface area contributed by atoms with Gasteiger partial charge < -0.3 is 14.6 Å². The molecule has 1 N–H and O–H groups in total. The highest BCUT2D eigenvalue weighted by Crippen LogP contribution is 2.41. The van der Waals surface area contributed by atoms with Crippen molar-refractivity contribution in [2.75, 3.05) is 31.2 Å². The number of hydrogen-bond donors (Lipinski definition) is 1. The molecule has 0 amide bonds. The Morgan fingerprint density at radius 3 is 2.67 bits per heavy atom. The van der Waals surface area contributed by atoms with Crippen LogP contribution in [0.15, 0.2) is 42.6 Å². The Morgan fingerprint density at radius 2 is 1.90 bits per heavy atom. The highest BCUT2D eigenvalue weighted by atomic mass is 16.5. The SMILES string of the molecule is C=C(C)Cn1c(Cc2c[nH]c3ccccc23)nnc1N1CCC2(CCOCC2)CC1. The van der Waals surface area contributed by atoms with Crippen LogP contribution in [-0.2, 0) is 17.7 Å². The predicted molar refractivity (Wildman–Crippen MR) is 120 cm³/mol. The number of aromatic amines is 1. The smallest absolute Gasteiger partial charge is 0.227 e. The lowest BCUT2D eigenvalue weighted by atomic mass is 9.72. The van der Waals surface area contributed by atoms with Crippen LogP contribution in [-0.4, -0.2) is 46.1 Å². The van der Waals surface area contributed by atoms with Gasteiger partial charge in [-0.15, -0.1) is 10.2 Å². The number of anilines is 1. The van der Waals surface area contributed by atoms with Crippen molar-refractivity contribution in [2.24, 2.45) is 5.41 Å². The monoisotopic (exact) mass is 405 g/mol. The van der Waals surface area contributed by atoms with Crippen LogP contribution < -0.4 is 4.90 Å². The van der Waals surface area contributed by atoms with Gasteiger partial charge in [0.1, 0.15) is 5.82 Å². The molecule has 0 unspecified atom stereocenters. The molecule has 0 radical (unpaired) electrons. The standard InChI is InChI=1S/C24H31N5O/c1-18(2)17-29-22(15-19-16-25-21-6-4-3-5-20(19)21)26-27-23(29)28-11-7-24(8-12-28)9-13-30-14-10-24/h3-6,16,25H,1,7-15,17H2,2H3. The molecule has 0 saturated carbocycles. The van der Waals surface area contributed by atoms with Crippen molar-refractivity contribution in [2.45, 2.75) is 45.6 Å². The zero-order valence-electron chi connectivity index (χ0n) is 17.9. The number of aromatic nitrogens is 4. The summed E-state index contributed by atoms with van der Waals surface area (Å²) in [7, 11) is 0. The van der Waals surface area contributed by atoms with E-state index < -0.39 is 0 Å². The van der Waals surface area contributed by atoms with Crippen LogP contribution in [0.5, 0.6) is 0 Å². The molecule has 30 heavy (non-hydrogen) atoms. The minimum absolute atomic E-state index is 0.473. The van der Waals surface area contributed by atoms with Crippen LogP contribution in [0.2, 0.25) is 0 Å². The third-order valence-electron chi connectivity index (χ3n) is 6.92. The minimum Gasteiger partial charge on any atom is -0.381 e. The molecule has 4 heterocycles. The number of para-hydroxylation sites is 1. The molecule has 1 aromatic carbocycles. The lowest BCUT2D eigenvalue weighted by Gasteiger charge is -2.44. The Morgan fingerprint density at radius 1 is 1.13 bits per heavy atom. The zero-order valence-corrected chi connectivity index (χ0v) is 17.9. The molecule has 2 aliphatic heterocycles. The number of benzene rings is 1. The van der Waals surface area contributed by atoms with Crippen molar-refractivity contribution >= 4 is 16.9 Å². The molecule has 6 heteroatoms. The van der Waals surface area contributed by atoms with E-state index >= 15 is 0 Å². The van der Waals surface area contributed by atoms with E-state index in [4.69, 9.17) is 4.74 Å². The molecule has 5 rings (SSSR count). The number of piperidine rings is 1. The summed E-state index contributed by atoms with van der Waals surface area (Å²) in [5.41, 5.74) is 4.01. The number of allylic oxidation sites excluding steroid dienone is 1. The number of ether oxygens (including phenoxy) is 1. The lowest BCUT2D eigenvalue weighted by Crippen LogP contribution is -2.43. The normalized spacial score (nSPS) is 18.9. The Balaban J connectivity index is 1.39. The van der Waals surface area contributed by atoms with Gasteiger partial charge in [-0.05, 0) is 49.7 Å². The van der Waals surface area contributed by atoms with Gasteiger partial charge in [-0.3, -0.25) is 4.57 Å². The zero-order chi connectivity index (χ0) is 20.6. The fourth-order valence-corrected chi connectivity index (χ4v) is 5.06. The second kappa shape index (κ2) is 7.91. The molecule has 2 aliphatic rings. The maximum atomic E-state index is 5.60. The fraction of sp³-hybridized carbons (Fsp3) is 0.500. The molecule has 0 aliphatic carbocycles. The fourth-order valence-electron chi connectivity index (χ4n) is 5.06. The summed E-state index contributed by atoms with van der Waals surface area (Å²) in [6, 6.07) is 8.43. The first-order chi connectivity index (χ1) is 14.6. The third-order valence-corrected chi connectivity index (χ3v) is 6.92. The number of nitrogens with one attached hydrogen (secondary N) is 1. The summed E-state index contributed by atoms with van der Waals surface area (Å²) >= 11 is 0. The highest BCUT2D eigenvalue weighted by Gasteiger charge is 2.37. The highest BCUT2D eigenvalue weighted by molar-refractivity contribution is 5.83. The molecule has 0 bridgehead atoms. The first-order valence-electron chi connectivity index (χ1n) is 11.1. The van der Waals surface area contributed by atoms with Crippen LogP contribution >= 0.6 is 0 Å². The average Bonchev–Trinajstić information content (AvgIpc) is 3.34. The van der Waals surface area contributed by atoms with Gasteiger partial charge in [0.05, 0.1) is 0 Å². The van der Waals surface area contributed by atoms with Crippen molar-refractivity contribution in [3.05, 3.63) is 54.0 Å². The number of fused-ring (bicyclic) bond motifs is 1. The van der Waals surface area contributed by atoms with Gasteiger partial charge >= 0.3 is 0 Å². The summed E-state index contributed by atoms with van der Waals surface area (Å²) < 4.78 is 7.87. The van der Waals surface area contributed by atoms with Crippen molar-refractivity contribution in [1.82, 2.24) is 19.7 Å². The van der Waals surface area contributed by atoms with E-state index in [1.54, 1.807) is 0 Å². The van der Waals surface area contributed by atoms with E-state index in [9.17, 15) is 0 Å². The van der Waals surface area contributed by atoms with Gasteiger partial charge in [0.15, 0.2) is 0 Å². The number of nitrogens with zero attached hydrogens (tertiary/aromatic N) is 4. The molecule has 0 atom stereocenters. The Hall–Kier alpha value is -2.60. The van der Waals surface area contributed by atoms with E-state index in [-0.39, 0.29) is 0 Å². The number of rotatable bonds is 5. The molecule has 6 nitrogen and oxygen atoms in total. The quantitative estimate of drug-likeness (QED) is 0.642. The molecule has 158 valence electrons. The topological polar surface area (TPSA) is 59.0 Å². The van der Waals surface area contributed by atoms with E-state index in [0.717, 1.165) is 62.1 Å². The maximum absolute atomic E-state index is 5.60. The van der Waals surface area contributed by atoms with Crippen LogP contribution in [0.1, 0.15) is 44.0 Å². The number of H-pyrrole nitrogens is 1. The van der Waals surface area contributed by atoms with Gasteiger partial charge in [-0.1, -0.05) is 30.4 Å². The molecule has 2 saturated heterocycles. The van der Waals surface area contributed by atoms with Crippen molar-refractivity contribution in [1.29, 1.82) is 0 Å². The van der Waals surface area contributed by atoms with E-state index in [1.807, 2.05) is 0 Å². The van der Waals surface area contributed by atoms with Gasteiger partial charge in [-0.25, -0.2) is 0 Å². The maximum Gasteiger partial charge on any atom is 0.227 e. The number of hydrogen-bond acceptors (Lipinski definition) is 4. The van der Waals surface area contributed by atoms with E-state index in [0.29, 0.717) is 5.41 Å². The largest absolute Gasteiger partial charge is 0.381 e. The summed E-state index contributed by atoms with van der Waals surface area (Å²) in [5, 5.41) is 10.5. The van der Waals surface area contributed by atoms with Crippen molar-refractivity contribution < 1.29 is 4.74 Å². The Labute approximate surface area is 177 Å². The molecule has 3 aromatic rings. The second-order valence-electron chi connectivity index (χ2n) is 9.10. The van der Waals surface area contributed by atoms with Crippen molar-refractivity contribution in [3.8, 4) is 0 Å². The van der Waals surface area contributed by atoms with Crippen LogP contribution in [0.4, 0.5) is 5.95 Å². The van der Waals surface area contributed by atoms with Crippen LogP contribution in [0, 0.1) is 5.41 Å². The molecule has 1 spiro atoms. The summed E-state index contributed by atoms with van der Waals surface area (Å²) in [5.74, 6) is 2.00. The first kappa shape index (κ1) is 19.4. The molecule has 2 aromatic heterocycles.